The van der Waals surface area contributed by atoms with Gasteiger partial charge in [-0.15, -0.1) is 0 Å². The van der Waals surface area contributed by atoms with Crippen LogP contribution in [0.5, 0.6) is 0 Å². The van der Waals surface area contributed by atoms with Crippen LogP contribution in [0.3, 0.4) is 0 Å². The molecule has 3 unspecified atom stereocenters. The topological polar surface area (TPSA) is 24.1 Å². The van der Waals surface area contributed by atoms with Gasteiger partial charge in [-0.25, -0.2) is 0 Å². The maximum absolute atomic E-state index is 3.77. The summed E-state index contributed by atoms with van der Waals surface area (Å²) < 4.78 is 1.31. The van der Waals surface area contributed by atoms with Crippen molar-refractivity contribution in [1.82, 2.24) is 5.32 Å². The van der Waals surface area contributed by atoms with Crippen molar-refractivity contribution in [2.45, 2.75) is 50.6 Å². The molecule has 0 radical (unpaired) electrons. The minimum Gasteiger partial charge on any atom is -0.382 e. The summed E-state index contributed by atoms with van der Waals surface area (Å²) in [5.41, 5.74) is 1.29. The van der Waals surface area contributed by atoms with Crippen molar-refractivity contribution in [3.05, 3.63) is 27.8 Å². The third-order valence-electron chi connectivity index (χ3n) is 4.63. The first-order valence-electron chi connectivity index (χ1n) is 7.58. The number of nitrogens with one attached hydrogen (secondary N) is 2. The van der Waals surface area contributed by atoms with Gasteiger partial charge in [0.2, 0.25) is 0 Å². The number of rotatable bonds is 3. The quantitative estimate of drug-likeness (QED) is 0.786. The summed E-state index contributed by atoms with van der Waals surface area (Å²) >= 11 is 2.36. The van der Waals surface area contributed by atoms with Gasteiger partial charge in [-0.2, -0.15) is 0 Å². The molecule has 2 N–H and O–H groups in total. The molecule has 2 fully saturated rings. The van der Waals surface area contributed by atoms with Crippen LogP contribution in [-0.4, -0.2) is 18.6 Å². The Hall–Kier alpha value is -0.290. The number of halogens is 1. The Bertz CT molecular complexity index is 398. The third kappa shape index (κ3) is 3.43. The lowest BCUT2D eigenvalue weighted by molar-refractivity contribution is 0.286. The van der Waals surface area contributed by atoms with E-state index in [1.54, 1.807) is 0 Å². The summed E-state index contributed by atoms with van der Waals surface area (Å²) in [5.74, 6) is 0.819. The molecule has 0 bridgehead atoms. The highest BCUT2D eigenvalue weighted by molar-refractivity contribution is 14.1. The predicted octanol–water partition coefficient (Wildman–Crippen LogP) is 4.01. The first-order valence-corrected chi connectivity index (χ1v) is 8.66. The number of anilines is 1. The summed E-state index contributed by atoms with van der Waals surface area (Å²) in [6.45, 7) is 1.22. The molecule has 1 aromatic carbocycles. The second-order valence-corrected chi connectivity index (χ2v) is 7.15. The fourth-order valence-corrected chi connectivity index (χ4v) is 4.01. The van der Waals surface area contributed by atoms with Crippen molar-refractivity contribution >= 4 is 28.3 Å². The van der Waals surface area contributed by atoms with Gasteiger partial charge in [-0.3, -0.25) is 0 Å². The van der Waals surface area contributed by atoms with Crippen LogP contribution in [0, 0.1) is 9.49 Å². The van der Waals surface area contributed by atoms with Crippen LogP contribution in [-0.2, 0) is 0 Å². The molecule has 0 spiro atoms. The van der Waals surface area contributed by atoms with Crippen molar-refractivity contribution in [3.63, 3.8) is 0 Å². The molecule has 1 aliphatic heterocycles. The minimum atomic E-state index is 0.663. The Kier molecular flexibility index (Phi) is 4.64. The van der Waals surface area contributed by atoms with E-state index in [4.69, 9.17) is 0 Å². The molecular weight excluding hydrogens is 347 g/mol. The molecule has 3 rings (SSSR count). The Morgan fingerprint density at radius 2 is 1.84 bits per heavy atom. The highest BCUT2D eigenvalue weighted by atomic mass is 127. The van der Waals surface area contributed by atoms with Crippen molar-refractivity contribution < 1.29 is 0 Å². The van der Waals surface area contributed by atoms with E-state index in [0.717, 1.165) is 12.0 Å². The van der Waals surface area contributed by atoms with Gasteiger partial charge in [0.25, 0.3) is 0 Å². The molecule has 1 aromatic rings. The van der Waals surface area contributed by atoms with E-state index in [0.29, 0.717) is 6.04 Å². The van der Waals surface area contributed by atoms with E-state index in [2.05, 4.69) is 57.5 Å². The van der Waals surface area contributed by atoms with Gasteiger partial charge in [0, 0.05) is 21.3 Å². The van der Waals surface area contributed by atoms with Gasteiger partial charge in [-0.05, 0) is 85.0 Å². The van der Waals surface area contributed by atoms with Gasteiger partial charge >= 0.3 is 0 Å². The van der Waals surface area contributed by atoms with Gasteiger partial charge in [-0.1, -0.05) is 12.8 Å². The zero-order valence-electron chi connectivity index (χ0n) is 11.4. The molecule has 2 aliphatic rings. The van der Waals surface area contributed by atoms with E-state index in [-0.39, 0.29) is 0 Å². The van der Waals surface area contributed by atoms with Crippen molar-refractivity contribution in [1.29, 1.82) is 0 Å². The van der Waals surface area contributed by atoms with Crippen LogP contribution in [0.2, 0.25) is 0 Å². The number of hydrogen-bond acceptors (Lipinski definition) is 2. The van der Waals surface area contributed by atoms with Crippen LogP contribution < -0.4 is 10.6 Å². The molecule has 104 valence electrons. The summed E-state index contributed by atoms with van der Waals surface area (Å²) in [4.78, 5) is 0. The molecule has 3 atom stereocenters. The Labute approximate surface area is 129 Å². The second-order valence-electron chi connectivity index (χ2n) is 5.91. The number of benzene rings is 1. The summed E-state index contributed by atoms with van der Waals surface area (Å²) in [5, 5.41) is 7.52. The maximum Gasteiger partial charge on any atom is 0.0343 e. The molecule has 3 heteroatoms. The maximum atomic E-state index is 3.77. The average molecular weight is 370 g/mol. The molecule has 0 amide bonds. The predicted molar refractivity (Wildman–Crippen MR) is 89.6 cm³/mol. The van der Waals surface area contributed by atoms with Crippen molar-refractivity contribution in [2.75, 3.05) is 11.9 Å². The van der Waals surface area contributed by atoms with E-state index in [1.807, 2.05) is 0 Å². The first kappa shape index (κ1) is 13.7. The van der Waals surface area contributed by atoms with Gasteiger partial charge in [0.05, 0.1) is 0 Å². The van der Waals surface area contributed by atoms with Crippen LogP contribution in [0.25, 0.3) is 0 Å². The van der Waals surface area contributed by atoms with Crippen LogP contribution in [0.1, 0.15) is 38.5 Å². The SMILES string of the molecule is Ic1ccc(NC2CCCC2C2CCCCN2)cc1. The molecular formula is C16H23IN2. The lowest BCUT2D eigenvalue weighted by Crippen LogP contribution is -2.44. The van der Waals surface area contributed by atoms with E-state index >= 15 is 0 Å². The first-order chi connectivity index (χ1) is 9.33. The minimum absolute atomic E-state index is 0.663. The molecule has 19 heavy (non-hydrogen) atoms. The fourth-order valence-electron chi connectivity index (χ4n) is 3.65. The zero-order chi connectivity index (χ0) is 13.1. The molecule has 2 nitrogen and oxygen atoms in total. The zero-order valence-corrected chi connectivity index (χ0v) is 13.5. The van der Waals surface area contributed by atoms with Crippen molar-refractivity contribution in [3.8, 4) is 0 Å². The summed E-state index contributed by atoms with van der Waals surface area (Å²) in [7, 11) is 0. The normalized spacial score (nSPS) is 31.3. The third-order valence-corrected chi connectivity index (χ3v) is 5.35. The van der Waals surface area contributed by atoms with Gasteiger partial charge in [0.1, 0.15) is 0 Å². The van der Waals surface area contributed by atoms with E-state index in [1.165, 1.54) is 54.3 Å². The van der Waals surface area contributed by atoms with Gasteiger partial charge in [0.15, 0.2) is 0 Å². The van der Waals surface area contributed by atoms with Crippen LogP contribution >= 0.6 is 22.6 Å². The monoisotopic (exact) mass is 370 g/mol. The van der Waals surface area contributed by atoms with Crippen LogP contribution in [0.15, 0.2) is 24.3 Å². The van der Waals surface area contributed by atoms with Crippen molar-refractivity contribution in [2.24, 2.45) is 5.92 Å². The number of piperidine rings is 1. The largest absolute Gasteiger partial charge is 0.382 e. The Balaban J connectivity index is 1.64. The smallest absolute Gasteiger partial charge is 0.0343 e. The fraction of sp³-hybridized carbons (Fsp3) is 0.625. The summed E-state index contributed by atoms with van der Waals surface area (Å²) in [6.07, 6.45) is 8.23. The van der Waals surface area contributed by atoms with E-state index in [9.17, 15) is 0 Å². The Morgan fingerprint density at radius 3 is 2.58 bits per heavy atom. The lowest BCUT2D eigenvalue weighted by Gasteiger charge is -2.33. The number of hydrogen-bond donors (Lipinski definition) is 2. The molecule has 0 aromatic heterocycles. The standard InChI is InChI=1S/C16H23IN2/c17-12-7-9-13(10-8-12)19-16-6-3-4-14(16)15-5-1-2-11-18-15/h7-10,14-16,18-19H,1-6,11H2. The average Bonchev–Trinajstić information content (AvgIpc) is 2.90. The highest BCUT2D eigenvalue weighted by Gasteiger charge is 2.34. The molecule has 1 aliphatic carbocycles. The van der Waals surface area contributed by atoms with Gasteiger partial charge < -0.3 is 10.6 Å². The van der Waals surface area contributed by atoms with E-state index < -0.39 is 0 Å². The van der Waals surface area contributed by atoms with Crippen LogP contribution in [0.4, 0.5) is 5.69 Å². The highest BCUT2D eigenvalue weighted by Crippen LogP contribution is 2.33. The second kappa shape index (κ2) is 6.44. The molecule has 1 heterocycles. The lowest BCUT2D eigenvalue weighted by atomic mass is 9.88. The summed E-state index contributed by atoms with van der Waals surface area (Å²) in [6, 6.07) is 10.2. The Morgan fingerprint density at radius 1 is 1.00 bits per heavy atom. The molecule has 1 saturated carbocycles. The molecule has 1 saturated heterocycles.